The molecule has 0 N–H and O–H groups in total. The van der Waals surface area contributed by atoms with Gasteiger partial charge in [0.15, 0.2) is 0 Å². The fraction of sp³-hybridized carbons (Fsp3) is 0.267. The predicted octanol–water partition coefficient (Wildman–Crippen LogP) is 15.1. The topological polar surface area (TPSA) is 105 Å². The minimum absolute atomic E-state index is 0.336. The highest BCUT2D eigenvalue weighted by molar-refractivity contribution is 6.12. The lowest BCUT2D eigenvalue weighted by Crippen LogP contribution is -2.26. The zero-order valence-electron chi connectivity index (χ0n) is 41.1. The van der Waals surface area contributed by atoms with Crippen LogP contribution in [-0.2, 0) is 19.2 Å². The fourth-order valence-electron chi connectivity index (χ4n) is 7.39. The van der Waals surface area contributed by atoms with Crippen LogP contribution in [0.15, 0.2) is 146 Å². The Bertz CT molecular complexity index is 2800. The molecule has 0 atom stereocenters. The van der Waals surface area contributed by atoms with E-state index in [-0.39, 0.29) is 23.9 Å². The Morgan fingerprint density at radius 2 is 0.441 bits per heavy atom. The molecule has 348 valence electrons. The highest BCUT2D eigenvalue weighted by Crippen LogP contribution is 2.48. The first-order valence-corrected chi connectivity index (χ1v) is 22.9. The van der Waals surface area contributed by atoms with Crippen molar-refractivity contribution >= 4 is 67.0 Å². The number of carbonyl (C=O) groups is 4. The third-order valence-electron chi connectivity index (χ3n) is 11.3. The van der Waals surface area contributed by atoms with Crippen molar-refractivity contribution in [3.63, 3.8) is 0 Å². The molecular formula is C60H60O8. The summed E-state index contributed by atoms with van der Waals surface area (Å²) >= 11 is 0. The van der Waals surface area contributed by atoms with Gasteiger partial charge in [-0.05, 0) is 150 Å². The number of esters is 4. The molecule has 0 spiro atoms. The van der Waals surface area contributed by atoms with E-state index in [9.17, 15) is 19.2 Å². The number of carbonyl (C=O) groups excluding carboxylic acids is 4. The second-order valence-corrected chi connectivity index (χ2v) is 21.2. The highest BCUT2D eigenvalue weighted by atomic mass is 16.6. The van der Waals surface area contributed by atoms with E-state index in [1.807, 2.05) is 229 Å². The maximum atomic E-state index is 12.9. The standard InChI is InChI=1S/2C30H30O4/c2*1-29(2,3)27(31)33-23-17-15-19-11-7-9-13-21(19)25(23)26-22-14-10-8-12-20(22)16-18-24(26)34-28(32)30(4,5)6/h2*7-18H,1-6H3. The molecule has 0 unspecified atom stereocenters. The summed E-state index contributed by atoms with van der Waals surface area (Å²) < 4.78 is 23.9. The van der Waals surface area contributed by atoms with Gasteiger partial charge in [0.2, 0.25) is 0 Å². The molecule has 0 aliphatic carbocycles. The summed E-state index contributed by atoms with van der Waals surface area (Å²) in [5.74, 6) is 0.391. The molecule has 0 saturated heterocycles. The second-order valence-electron chi connectivity index (χ2n) is 21.2. The van der Waals surface area contributed by atoms with Gasteiger partial charge >= 0.3 is 23.9 Å². The number of rotatable bonds is 6. The van der Waals surface area contributed by atoms with Crippen molar-refractivity contribution in [1.29, 1.82) is 0 Å². The van der Waals surface area contributed by atoms with Crippen molar-refractivity contribution in [2.24, 2.45) is 21.7 Å². The third kappa shape index (κ3) is 10.5. The van der Waals surface area contributed by atoms with Gasteiger partial charge in [-0.1, -0.05) is 121 Å². The largest absolute Gasteiger partial charge is 0.425 e. The lowest BCUT2D eigenvalue weighted by atomic mass is 9.91. The highest BCUT2D eigenvalue weighted by Gasteiger charge is 2.31. The SMILES string of the molecule is CC(C)(C)C(=O)Oc1ccc2ccccc2c1-c1c(OC(=O)C(C)(C)C)ccc2ccccc12.CC(C)(C)C(=O)Oc1ccc2ccccc2c1-c1c(OC(=O)C(C)(C)C)ccc2ccccc12. The predicted molar refractivity (Wildman–Crippen MR) is 274 cm³/mol. The first kappa shape index (κ1) is 48.6. The monoisotopic (exact) mass is 908 g/mol. The van der Waals surface area contributed by atoms with Gasteiger partial charge in [0.05, 0.1) is 21.7 Å². The molecule has 8 aromatic rings. The summed E-state index contributed by atoms with van der Waals surface area (Å²) in [5.41, 5.74) is 0.195. The number of ether oxygens (including phenoxy) is 4. The lowest BCUT2D eigenvalue weighted by Gasteiger charge is -2.22. The molecule has 0 bridgehead atoms. The minimum Gasteiger partial charge on any atom is -0.425 e. The Labute approximate surface area is 399 Å². The maximum Gasteiger partial charge on any atom is 0.316 e. The second kappa shape index (κ2) is 18.8. The first-order chi connectivity index (χ1) is 31.9. The summed E-state index contributed by atoms with van der Waals surface area (Å²) in [6.07, 6.45) is 0. The number of benzene rings is 8. The lowest BCUT2D eigenvalue weighted by molar-refractivity contribution is -0.143. The summed E-state index contributed by atoms with van der Waals surface area (Å²) in [4.78, 5) is 51.6. The van der Waals surface area contributed by atoms with Crippen molar-refractivity contribution in [3.8, 4) is 45.3 Å². The Morgan fingerprint density at radius 1 is 0.265 bits per heavy atom. The van der Waals surface area contributed by atoms with Crippen LogP contribution in [0.3, 0.4) is 0 Å². The molecule has 8 rings (SSSR count). The van der Waals surface area contributed by atoms with E-state index in [0.717, 1.165) is 65.3 Å². The van der Waals surface area contributed by atoms with Gasteiger partial charge in [-0.25, -0.2) is 0 Å². The van der Waals surface area contributed by atoms with Crippen LogP contribution < -0.4 is 18.9 Å². The fourth-order valence-corrected chi connectivity index (χ4v) is 7.39. The van der Waals surface area contributed by atoms with Gasteiger partial charge in [0.1, 0.15) is 23.0 Å². The van der Waals surface area contributed by atoms with E-state index in [1.54, 1.807) is 0 Å². The molecule has 8 aromatic carbocycles. The van der Waals surface area contributed by atoms with Crippen LogP contribution in [0.2, 0.25) is 0 Å². The molecule has 0 fully saturated rings. The molecule has 8 nitrogen and oxygen atoms in total. The van der Waals surface area contributed by atoms with Crippen molar-refractivity contribution < 1.29 is 38.1 Å². The van der Waals surface area contributed by atoms with E-state index in [2.05, 4.69) is 0 Å². The molecular weight excluding hydrogens is 849 g/mol. The van der Waals surface area contributed by atoms with Crippen LogP contribution in [0.25, 0.3) is 65.3 Å². The third-order valence-corrected chi connectivity index (χ3v) is 11.3. The van der Waals surface area contributed by atoms with Gasteiger partial charge < -0.3 is 18.9 Å². The minimum atomic E-state index is -0.677. The van der Waals surface area contributed by atoms with Crippen molar-refractivity contribution in [2.45, 2.75) is 83.1 Å². The van der Waals surface area contributed by atoms with Gasteiger partial charge in [0, 0.05) is 22.3 Å². The number of fused-ring (bicyclic) bond motifs is 4. The zero-order valence-corrected chi connectivity index (χ0v) is 41.1. The summed E-state index contributed by atoms with van der Waals surface area (Å²) in [6, 6.07) is 46.8. The molecule has 68 heavy (non-hydrogen) atoms. The van der Waals surface area contributed by atoms with E-state index >= 15 is 0 Å². The number of hydrogen-bond donors (Lipinski definition) is 0. The van der Waals surface area contributed by atoms with Crippen LogP contribution in [0, 0.1) is 21.7 Å². The number of hydrogen-bond acceptors (Lipinski definition) is 8. The normalized spacial score (nSPS) is 12.1. The zero-order chi connectivity index (χ0) is 49.3. The summed E-state index contributed by atoms with van der Waals surface area (Å²) in [6.45, 7) is 21.9. The van der Waals surface area contributed by atoms with E-state index in [1.165, 1.54) is 0 Å². The van der Waals surface area contributed by atoms with Crippen LogP contribution in [0.1, 0.15) is 83.1 Å². The molecule has 0 aliphatic heterocycles. The van der Waals surface area contributed by atoms with Crippen LogP contribution >= 0.6 is 0 Å². The molecule has 0 amide bonds. The van der Waals surface area contributed by atoms with Crippen LogP contribution in [0.4, 0.5) is 0 Å². The molecule has 0 aliphatic rings. The van der Waals surface area contributed by atoms with Gasteiger partial charge in [0.25, 0.3) is 0 Å². The van der Waals surface area contributed by atoms with Gasteiger partial charge in [-0.15, -0.1) is 0 Å². The Kier molecular flexibility index (Phi) is 13.4. The first-order valence-electron chi connectivity index (χ1n) is 22.9. The Morgan fingerprint density at radius 3 is 0.618 bits per heavy atom. The Balaban J connectivity index is 0.000000201. The van der Waals surface area contributed by atoms with Crippen molar-refractivity contribution in [3.05, 3.63) is 146 Å². The summed E-state index contributed by atoms with van der Waals surface area (Å²) in [7, 11) is 0. The van der Waals surface area contributed by atoms with Crippen molar-refractivity contribution in [2.75, 3.05) is 0 Å². The maximum absolute atomic E-state index is 12.9. The average Bonchev–Trinajstić information content (AvgIpc) is 3.28. The molecule has 0 heterocycles. The van der Waals surface area contributed by atoms with E-state index < -0.39 is 21.7 Å². The van der Waals surface area contributed by atoms with Crippen molar-refractivity contribution in [1.82, 2.24) is 0 Å². The van der Waals surface area contributed by atoms with Gasteiger partial charge in [-0.2, -0.15) is 0 Å². The molecule has 8 heteroatoms. The average molecular weight is 909 g/mol. The van der Waals surface area contributed by atoms with Crippen LogP contribution in [0.5, 0.6) is 23.0 Å². The van der Waals surface area contributed by atoms with Gasteiger partial charge in [-0.3, -0.25) is 19.2 Å². The molecule has 0 radical (unpaired) electrons. The van der Waals surface area contributed by atoms with Crippen LogP contribution in [-0.4, -0.2) is 23.9 Å². The van der Waals surface area contributed by atoms with E-state index in [4.69, 9.17) is 18.9 Å². The quantitative estimate of drug-likeness (QED) is 0.120. The molecule has 0 saturated carbocycles. The smallest absolute Gasteiger partial charge is 0.316 e. The Hall–Kier alpha value is -7.32. The summed E-state index contributed by atoms with van der Waals surface area (Å²) in [5, 5.41) is 7.61. The van der Waals surface area contributed by atoms with E-state index in [0.29, 0.717) is 23.0 Å². The molecule has 0 aromatic heterocycles.